The summed E-state index contributed by atoms with van der Waals surface area (Å²) in [6, 6.07) is 4.27. The van der Waals surface area contributed by atoms with E-state index in [9.17, 15) is 13.2 Å². The predicted octanol–water partition coefficient (Wildman–Crippen LogP) is 4.55. The highest BCUT2D eigenvalue weighted by Crippen LogP contribution is 2.41. The molecule has 19 heavy (non-hydrogen) atoms. The summed E-state index contributed by atoms with van der Waals surface area (Å²) in [6.07, 6.45) is -1.17. The van der Waals surface area contributed by atoms with Gasteiger partial charge in [0, 0.05) is 16.9 Å². The molecule has 0 saturated heterocycles. The molecule has 8 heteroatoms. The second-order valence-corrected chi connectivity index (χ2v) is 4.67. The van der Waals surface area contributed by atoms with E-state index in [0.29, 0.717) is 4.47 Å². The lowest BCUT2D eigenvalue weighted by atomic mass is 10.3. The van der Waals surface area contributed by atoms with Crippen LogP contribution in [0.15, 0.2) is 41.3 Å². The maximum Gasteiger partial charge on any atom is 0.490 e. The van der Waals surface area contributed by atoms with E-state index >= 15 is 0 Å². The largest absolute Gasteiger partial charge is 0.490 e. The molecule has 0 N–H and O–H groups in total. The minimum absolute atomic E-state index is 0.0505. The Balaban J connectivity index is 2.60. The second-order valence-electron chi connectivity index (χ2n) is 3.44. The monoisotopic (exact) mass is 351 g/mol. The van der Waals surface area contributed by atoms with Crippen molar-refractivity contribution in [1.29, 1.82) is 0 Å². The third-order valence-corrected chi connectivity index (χ3v) is 3.49. The molecule has 3 nitrogen and oxygen atoms in total. The van der Waals surface area contributed by atoms with Crippen LogP contribution in [0.1, 0.15) is 0 Å². The molecule has 100 valence electrons. The van der Waals surface area contributed by atoms with E-state index in [-0.39, 0.29) is 21.4 Å². The molecule has 0 atom stereocenters. The van der Waals surface area contributed by atoms with Crippen molar-refractivity contribution in [1.82, 2.24) is 9.97 Å². The molecule has 0 unspecified atom stereocenters. The molecule has 1 aromatic heterocycles. The number of rotatable bonds is 2. The lowest BCUT2D eigenvalue weighted by molar-refractivity contribution is -0.121. The average Bonchev–Trinajstić information content (AvgIpc) is 2.35. The summed E-state index contributed by atoms with van der Waals surface area (Å²) in [7, 11) is 0. The number of benzene rings is 1. The maximum atomic E-state index is 13.2. The summed E-state index contributed by atoms with van der Waals surface area (Å²) >= 11 is 9.00. The SMILES string of the molecule is FC(F)(F)N(c1cnccn1)c1cccc(Br)c1Cl. The Labute approximate surface area is 120 Å². The van der Waals surface area contributed by atoms with Crippen LogP contribution in [0, 0.1) is 0 Å². The molecule has 0 saturated carbocycles. The maximum absolute atomic E-state index is 13.2. The van der Waals surface area contributed by atoms with Gasteiger partial charge in [-0.2, -0.15) is 0 Å². The Hall–Kier alpha value is -1.34. The molecule has 0 fully saturated rings. The quantitative estimate of drug-likeness (QED) is 0.743. The zero-order chi connectivity index (χ0) is 14.0. The summed E-state index contributed by atoms with van der Waals surface area (Å²) in [6.45, 7) is 0. The third kappa shape index (κ3) is 2.98. The summed E-state index contributed by atoms with van der Waals surface area (Å²) in [4.78, 5) is 7.38. The van der Waals surface area contributed by atoms with Gasteiger partial charge in [0.05, 0.1) is 16.9 Å². The first-order valence-corrected chi connectivity index (χ1v) is 6.15. The molecule has 2 rings (SSSR count). The molecular weight excluding hydrogens is 346 g/mol. The van der Waals surface area contributed by atoms with Crippen LogP contribution >= 0.6 is 27.5 Å². The third-order valence-electron chi connectivity index (χ3n) is 2.20. The summed E-state index contributed by atoms with van der Waals surface area (Å²) < 4.78 is 39.9. The fraction of sp³-hybridized carbons (Fsp3) is 0.0909. The average molecular weight is 353 g/mol. The highest BCUT2D eigenvalue weighted by atomic mass is 79.9. The minimum atomic E-state index is -4.67. The summed E-state index contributed by atoms with van der Waals surface area (Å²) in [5.74, 6) is -0.352. The molecule has 1 aromatic carbocycles. The molecular formula is C11H6BrClF3N3. The predicted molar refractivity (Wildman–Crippen MR) is 69.4 cm³/mol. The molecule has 1 heterocycles. The molecule has 0 aliphatic carbocycles. The van der Waals surface area contributed by atoms with Gasteiger partial charge in [-0.15, -0.1) is 13.2 Å². The van der Waals surface area contributed by atoms with Gasteiger partial charge in [0.15, 0.2) is 5.82 Å². The minimum Gasteiger partial charge on any atom is -0.259 e. The van der Waals surface area contributed by atoms with Crippen LogP contribution in [0.3, 0.4) is 0 Å². The van der Waals surface area contributed by atoms with E-state index in [1.165, 1.54) is 24.5 Å². The van der Waals surface area contributed by atoms with Gasteiger partial charge in [0.25, 0.3) is 0 Å². The fourth-order valence-corrected chi connectivity index (χ4v) is 2.03. The molecule has 0 aliphatic rings. The highest BCUT2D eigenvalue weighted by Gasteiger charge is 2.41. The van der Waals surface area contributed by atoms with Gasteiger partial charge in [-0.05, 0) is 28.1 Å². The van der Waals surface area contributed by atoms with Crippen molar-refractivity contribution in [2.45, 2.75) is 6.30 Å². The van der Waals surface area contributed by atoms with Crippen molar-refractivity contribution in [3.05, 3.63) is 46.3 Å². The van der Waals surface area contributed by atoms with Crippen LogP contribution in [0.4, 0.5) is 24.7 Å². The van der Waals surface area contributed by atoms with Gasteiger partial charge in [-0.3, -0.25) is 4.98 Å². The van der Waals surface area contributed by atoms with Crippen molar-refractivity contribution in [2.75, 3.05) is 4.90 Å². The van der Waals surface area contributed by atoms with Gasteiger partial charge in [0.2, 0.25) is 0 Å². The van der Waals surface area contributed by atoms with E-state index in [2.05, 4.69) is 25.9 Å². The summed E-state index contributed by atoms with van der Waals surface area (Å²) in [5, 5.41) is -0.0505. The molecule has 0 amide bonds. The normalized spacial score (nSPS) is 11.4. The number of anilines is 2. The second kappa shape index (κ2) is 5.34. The number of alkyl halides is 3. The number of hydrogen-bond acceptors (Lipinski definition) is 3. The zero-order valence-corrected chi connectivity index (χ0v) is 11.5. The smallest absolute Gasteiger partial charge is 0.259 e. The van der Waals surface area contributed by atoms with Crippen molar-refractivity contribution in [3.8, 4) is 0 Å². The van der Waals surface area contributed by atoms with Crippen molar-refractivity contribution >= 4 is 39.0 Å². The first kappa shape index (κ1) is 14.1. The number of halogens is 5. The van der Waals surface area contributed by atoms with E-state index in [1.54, 1.807) is 6.07 Å². The number of hydrogen-bond donors (Lipinski definition) is 0. The van der Waals surface area contributed by atoms with Crippen LogP contribution in [-0.4, -0.2) is 16.3 Å². The Kier molecular flexibility index (Phi) is 3.96. The number of aromatic nitrogens is 2. The molecule has 0 spiro atoms. The first-order valence-electron chi connectivity index (χ1n) is 4.98. The van der Waals surface area contributed by atoms with Gasteiger partial charge >= 0.3 is 6.30 Å². The highest BCUT2D eigenvalue weighted by molar-refractivity contribution is 9.10. The lowest BCUT2D eigenvalue weighted by Gasteiger charge is -2.26. The van der Waals surface area contributed by atoms with Gasteiger partial charge in [-0.1, -0.05) is 17.7 Å². The number of nitrogens with zero attached hydrogens (tertiary/aromatic N) is 3. The summed E-state index contributed by atoms with van der Waals surface area (Å²) in [5.41, 5.74) is -0.218. The molecule has 0 aliphatic heterocycles. The van der Waals surface area contributed by atoms with Crippen LogP contribution in [0.25, 0.3) is 0 Å². The van der Waals surface area contributed by atoms with Crippen molar-refractivity contribution in [3.63, 3.8) is 0 Å². The molecule has 2 aromatic rings. The molecule has 0 radical (unpaired) electrons. The van der Waals surface area contributed by atoms with E-state index in [0.717, 1.165) is 6.20 Å². The molecule has 0 bridgehead atoms. The van der Waals surface area contributed by atoms with Gasteiger partial charge in [0.1, 0.15) is 0 Å². The fourth-order valence-electron chi connectivity index (χ4n) is 1.46. The zero-order valence-electron chi connectivity index (χ0n) is 9.20. The van der Waals surface area contributed by atoms with Crippen molar-refractivity contribution < 1.29 is 13.2 Å². The lowest BCUT2D eigenvalue weighted by Crippen LogP contribution is -2.34. The van der Waals surface area contributed by atoms with Crippen LogP contribution in [0.2, 0.25) is 5.02 Å². The van der Waals surface area contributed by atoms with E-state index in [1.807, 2.05) is 0 Å². The van der Waals surface area contributed by atoms with Crippen LogP contribution in [0.5, 0.6) is 0 Å². The Morgan fingerprint density at radius 3 is 2.53 bits per heavy atom. The standard InChI is InChI=1S/C11H6BrClF3N3/c12-7-2-1-3-8(10(7)13)19(11(14,15)16)9-6-17-4-5-18-9/h1-6H. The Morgan fingerprint density at radius 2 is 1.95 bits per heavy atom. The van der Waals surface area contributed by atoms with Gasteiger partial charge in [-0.25, -0.2) is 9.88 Å². The van der Waals surface area contributed by atoms with E-state index in [4.69, 9.17) is 11.6 Å². The topological polar surface area (TPSA) is 29.0 Å². The van der Waals surface area contributed by atoms with Crippen molar-refractivity contribution in [2.24, 2.45) is 0 Å². The van der Waals surface area contributed by atoms with Crippen LogP contribution < -0.4 is 4.90 Å². The Morgan fingerprint density at radius 1 is 1.21 bits per heavy atom. The first-order chi connectivity index (χ1) is 8.91. The van der Waals surface area contributed by atoms with Crippen LogP contribution in [-0.2, 0) is 0 Å². The Bertz CT molecular complexity index is 577. The van der Waals surface area contributed by atoms with E-state index < -0.39 is 6.30 Å². The van der Waals surface area contributed by atoms with Gasteiger partial charge < -0.3 is 0 Å².